The molecular formula is C68H129NO5. The van der Waals surface area contributed by atoms with Crippen LogP contribution < -0.4 is 5.32 Å². The van der Waals surface area contributed by atoms with Crippen LogP contribution in [0.25, 0.3) is 0 Å². The van der Waals surface area contributed by atoms with Crippen molar-refractivity contribution in [3.63, 3.8) is 0 Å². The lowest BCUT2D eigenvalue weighted by Gasteiger charge is -2.20. The van der Waals surface area contributed by atoms with Crippen molar-refractivity contribution in [2.24, 2.45) is 0 Å². The van der Waals surface area contributed by atoms with E-state index in [-0.39, 0.29) is 18.5 Å². The lowest BCUT2D eigenvalue weighted by molar-refractivity contribution is -0.143. The number of carbonyl (C=O) groups excluding carboxylic acids is 2. The van der Waals surface area contributed by atoms with Gasteiger partial charge in [0.05, 0.1) is 25.4 Å². The predicted molar refractivity (Wildman–Crippen MR) is 324 cm³/mol. The Morgan fingerprint density at radius 1 is 0.378 bits per heavy atom. The standard InChI is InChI=1S/C68H129NO5/c1-3-5-7-9-11-13-15-17-19-32-36-40-44-48-52-56-60-66(71)65(64-70)69-67(72)61-57-53-49-45-41-37-33-30-28-26-24-22-21-23-25-27-29-31-35-39-43-47-51-55-59-63-74-68(73)62-58-54-50-46-42-38-34-20-18-16-14-12-10-8-6-4-2/h22-25,56,60,65-66,70-71H,3-21,26-55,57-59,61-64H2,1-2H3,(H,69,72)/b24-22-,25-23-,60-56+. The monoisotopic (exact) mass is 1040 g/mol. The van der Waals surface area contributed by atoms with E-state index in [0.29, 0.717) is 19.4 Å². The first kappa shape index (κ1) is 72.1. The van der Waals surface area contributed by atoms with E-state index in [0.717, 1.165) is 44.9 Å². The van der Waals surface area contributed by atoms with E-state index in [9.17, 15) is 19.8 Å². The summed E-state index contributed by atoms with van der Waals surface area (Å²) in [5.74, 6) is -0.0600. The second-order valence-corrected chi connectivity index (χ2v) is 22.8. The number of nitrogens with one attached hydrogen (secondary N) is 1. The fourth-order valence-electron chi connectivity index (χ4n) is 10.3. The number of unbranched alkanes of at least 4 members (excludes halogenated alkanes) is 47. The second kappa shape index (κ2) is 63.6. The van der Waals surface area contributed by atoms with E-state index in [1.165, 1.54) is 289 Å². The summed E-state index contributed by atoms with van der Waals surface area (Å²) in [6, 6.07) is -0.633. The lowest BCUT2D eigenvalue weighted by atomic mass is 10.0. The van der Waals surface area contributed by atoms with Gasteiger partial charge in [-0.3, -0.25) is 9.59 Å². The Morgan fingerprint density at radius 2 is 0.676 bits per heavy atom. The SMILES string of the molecule is CCCCCCCCCCCCCCCC/C=C/C(O)C(CO)NC(=O)CCCCCCCCCCC/C=C\C/C=C\CCCCCCCCCCCOC(=O)CCCCCCCCCCCCCCCCCC. The van der Waals surface area contributed by atoms with Crippen molar-refractivity contribution in [2.45, 2.75) is 373 Å². The van der Waals surface area contributed by atoms with Gasteiger partial charge in [-0.2, -0.15) is 0 Å². The van der Waals surface area contributed by atoms with Crippen molar-refractivity contribution in [3.8, 4) is 0 Å². The summed E-state index contributed by atoms with van der Waals surface area (Å²) in [5.41, 5.74) is 0. The van der Waals surface area contributed by atoms with Gasteiger partial charge in [0.1, 0.15) is 0 Å². The maximum Gasteiger partial charge on any atom is 0.305 e. The molecule has 3 N–H and O–H groups in total. The number of hydrogen-bond acceptors (Lipinski definition) is 5. The molecule has 0 rings (SSSR count). The van der Waals surface area contributed by atoms with E-state index >= 15 is 0 Å². The van der Waals surface area contributed by atoms with E-state index in [1.54, 1.807) is 6.08 Å². The molecule has 0 aliphatic rings. The van der Waals surface area contributed by atoms with Crippen LogP contribution in [0.1, 0.15) is 361 Å². The number of rotatable bonds is 62. The smallest absolute Gasteiger partial charge is 0.305 e. The van der Waals surface area contributed by atoms with Crippen LogP contribution in [0.15, 0.2) is 36.5 Å². The quantitative estimate of drug-likeness (QED) is 0.0320. The maximum atomic E-state index is 12.5. The fraction of sp³-hybridized carbons (Fsp3) is 0.882. The van der Waals surface area contributed by atoms with Crippen LogP contribution in [0, 0.1) is 0 Å². The molecule has 436 valence electrons. The minimum atomic E-state index is -0.849. The van der Waals surface area contributed by atoms with E-state index in [4.69, 9.17) is 4.74 Å². The molecule has 0 heterocycles. The molecule has 6 heteroatoms. The Morgan fingerprint density at radius 3 is 1.03 bits per heavy atom. The molecule has 0 bridgehead atoms. The van der Waals surface area contributed by atoms with Crippen LogP contribution in [-0.2, 0) is 14.3 Å². The van der Waals surface area contributed by atoms with Crippen molar-refractivity contribution < 1.29 is 24.5 Å². The molecule has 6 nitrogen and oxygen atoms in total. The Balaban J connectivity index is 3.44. The van der Waals surface area contributed by atoms with Crippen molar-refractivity contribution in [3.05, 3.63) is 36.5 Å². The highest BCUT2D eigenvalue weighted by Gasteiger charge is 2.18. The summed E-state index contributed by atoms with van der Waals surface area (Å²) in [5, 5.41) is 23.2. The third-order valence-electron chi connectivity index (χ3n) is 15.4. The molecule has 2 atom stereocenters. The van der Waals surface area contributed by atoms with Crippen LogP contribution >= 0.6 is 0 Å². The number of aliphatic hydroxyl groups excluding tert-OH is 2. The van der Waals surface area contributed by atoms with Gasteiger partial charge in [-0.15, -0.1) is 0 Å². The fourth-order valence-corrected chi connectivity index (χ4v) is 10.3. The van der Waals surface area contributed by atoms with Crippen LogP contribution in [0.2, 0.25) is 0 Å². The largest absolute Gasteiger partial charge is 0.466 e. The molecule has 0 aliphatic carbocycles. The molecule has 1 amide bonds. The minimum absolute atomic E-state index is 0.0123. The second-order valence-electron chi connectivity index (χ2n) is 22.8. The summed E-state index contributed by atoms with van der Waals surface area (Å²) >= 11 is 0. The topological polar surface area (TPSA) is 95.9 Å². The van der Waals surface area contributed by atoms with E-state index < -0.39 is 12.1 Å². The molecule has 2 unspecified atom stereocenters. The number of ether oxygens (including phenoxy) is 1. The van der Waals surface area contributed by atoms with Crippen LogP contribution in [0.5, 0.6) is 0 Å². The normalized spacial score (nSPS) is 12.8. The number of allylic oxidation sites excluding steroid dienone is 5. The molecular weight excluding hydrogens is 911 g/mol. The van der Waals surface area contributed by atoms with Crippen molar-refractivity contribution >= 4 is 11.9 Å². The minimum Gasteiger partial charge on any atom is -0.466 e. The highest BCUT2D eigenvalue weighted by Crippen LogP contribution is 2.18. The lowest BCUT2D eigenvalue weighted by Crippen LogP contribution is -2.45. The van der Waals surface area contributed by atoms with Gasteiger partial charge in [-0.25, -0.2) is 0 Å². The number of hydrogen-bond donors (Lipinski definition) is 3. The van der Waals surface area contributed by atoms with Gasteiger partial charge in [-0.05, 0) is 64.2 Å². The van der Waals surface area contributed by atoms with Gasteiger partial charge >= 0.3 is 5.97 Å². The first-order chi connectivity index (χ1) is 36.5. The summed E-state index contributed by atoms with van der Waals surface area (Å²) in [7, 11) is 0. The zero-order chi connectivity index (χ0) is 53.6. The maximum absolute atomic E-state index is 12.5. The molecule has 0 aromatic carbocycles. The molecule has 0 radical (unpaired) electrons. The molecule has 0 aromatic rings. The third kappa shape index (κ3) is 59.3. The predicted octanol–water partition coefficient (Wildman–Crippen LogP) is 21.1. The molecule has 0 fully saturated rings. The van der Waals surface area contributed by atoms with Crippen LogP contribution in [0.4, 0.5) is 0 Å². The summed E-state index contributed by atoms with van der Waals surface area (Å²) in [6.45, 7) is 4.92. The van der Waals surface area contributed by atoms with Crippen molar-refractivity contribution in [2.75, 3.05) is 13.2 Å². The Hall–Kier alpha value is -1.92. The number of esters is 1. The molecule has 0 spiro atoms. The van der Waals surface area contributed by atoms with Gasteiger partial charge in [0, 0.05) is 12.8 Å². The number of aliphatic hydroxyl groups is 2. The summed E-state index contributed by atoms with van der Waals surface area (Å²) in [6.07, 6.45) is 80.6. The molecule has 0 aliphatic heterocycles. The highest BCUT2D eigenvalue weighted by molar-refractivity contribution is 5.76. The third-order valence-corrected chi connectivity index (χ3v) is 15.4. The first-order valence-electron chi connectivity index (χ1n) is 33.3. The average Bonchev–Trinajstić information content (AvgIpc) is 3.40. The highest BCUT2D eigenvalue weighted by atomic mass is 16.5. The summed E-state index contributed by atoms with van der Waals surface area (Å²) < 4.78 is 5.49. The van der Waals surface area contributed by atoms with Crippen molar-refractivity contribution in [1.82, 2.24) is 5.32 Å². The van der Waals surface area contributed by atoms with Crippen LogP contribution in [0.3, 0.4) is 0 Å². The number of amides is 1. The van der Waals surface area contributed by atoms with Gasteiger partial charge in [0.15, 0.2) is 0 Å². The van der Waals surface area contributed by atoms with Gasteiger partial charge in [0.2, 0.25) is 5.91 Å². The summed E-state index contributed by atoms with van der Waals surface area (Å²) in [4.78, 5) is 24.6. The molecule has 0 aromatic heterocycles. The zero-order valence-electron chi connectivity index (χ0n) is 49.8. The van der Waals surface area contributed by atoms with E-state index in [2.05, 4.69) is 43.5 Å². The van der Waals surface area contributed by atoms with Crippen LogP contribution in [-0.4, -0.2) is 47.4 Å². The van der Waals surface area contributed by atoms with E-state index in [1.807, 2.05) is 6.08 Å². The van der Waals surface area contributed by atoms with Gasteiger partial charge in [-0.1, -0.05) is 320 Å². The number of carbonyl (C=O) groups is 2. The first-order valence-corrected chi connectivity index (χ1v) is 33.3. The van der Waals surface area contributed by atoms with Gasteiger partial charge < -0.3 is 20.3 Å². The Bertz CT molecular complexity index is 1200. The Labute approximate surface area is 462 Å². The van der Waals surface area contributed by atoms with Crippen molar-refractivity contribution in [1.29, 1.82) is 0 Å². The molecule has 74 heavy (non-hydrogen) atoms. The zero-order valence-corrected chi connectivity index (χ0v) is 49.8. The average molecular weight is 1040 g/mol. The molecule has 0 saturated heterocycles. The Kier molecular flexibility index (Phi) is 62.0. The van der Waals surface area contributed by atoms with Gasteiger partial charge in [0.25, 0.3) is 0 Å². The molecule has 0 saturated carbocycles.